The molecule has 100 valence electrons. The van der Waals surface area contributed by atoms with Gasteiger partial charge in [-0.15, -0.1) is 24.8 Å². The Hall–Kier alpha value is -1.58. The fourth-order valence-corrected chi connectivity index (χ4v) is 1.96. The Morgan fingerprint density at radius 2 is 1.84 bits per heavy atom. The third kappa shape index (κ3) is 3.69. The monoisotopic (exact) mass is 295 g/mol. The molecule has 0 atom stereocenters. The van der Waals surface area contributed by atoms with Crippen LogP contribution in [-0.2, 0) is 6.54 Å². The molecule has 0 spiro atoms. The average Bonchev–Trinajstić information content (AvgIpc) is 2.40. The average molecular weight is 296 g/mol. The number of hydrogen-bond acceptors (Lipinski definition) is 3. The first-order chi connectivity index (χ1) is 8.42. The van der Waals surface area contributed by atoms with E-state index in [-0.39, 0.29) is 24.8 Å². The van der Waals surface area contributed by atoms with E-state index in [0.717, 1.165) is 17.1 Å². The molecule has 2 heterocycles. The molecule has 0 bridgehead atoms. The lowest BCUT2D eigenvalue weighted by Gasteiger charge is -2.20. The van der Waals surface area contributed by atoms with E-state index in [1.165, 1.54) is 5.56 Å². The van der Waals surface area contributed by atoms with Crippen molar-refractivity contribution in [3.05, 3.63) is 64.9 Å². The third-order valence-electron chi connectivity index (χ3n) is 2.80. The number of hydrogen-bond donors (Lipinski definition) is 0. The first-order valence-electron chi connectivity index (χ1n) is 5.66. The van der Waals surface area contributed by atoms with E-state index >= 15 is 0 Å². The largest absolute Gasteiger partial charge is 0.353 e. The summed E-state index contributed by atoms with van der Waals surface area (Å²) in [5, 5.41) is 2.12. The molecule has 0 unspecified atom stereocenters. The Morgan fingerprint density at radius 1 is 1.05 bits per heavy atom. The van der Waals surface area contributed by atoms with Crippen molar-refractivity contribution in [1.29, 1.82) is 0 Å². The summed E-state index contributed by atoms with van der Waals surface area (Å²) in [6, 6.07) is 12.4. The molecule has 1 aliphatic heterocycles. The second kappa shape index (κ2) is 7.12. The number of halogens is 2. The van der Waals surface area contributed by atoms with Crippen molar-refractivity contribution >= 4 is 31.0 Å². The maximum atomic E-state index is 4.53. The van der Waals surface area contributed by atoms with Gasteiger partial charge in [0, 0.05) is 30.4 Å². The predicted octanol–water partition coefficient (Wildman–Crippen LogP) is 1.76. The van der Waals surface area contributed by atoms with Crippen molar-refractivity contribution in [2.24, 2.45) is 4.99 Å². The third-order valence-corrected chi connectivity index (χ3v) is 2.80. The van der Waals surface area contributed by atoms with Gasteiger partial charge in [0.15, 0.2) is 0 Å². The summed E-state index contributed by atoms with van der Waals surface area (Å²) in [6.07, 6.45) is 5.77. The van der Waals surface area contributed by atoms with Crippen LogP contribution in [0.15, 0.2) is 53.8 Å². The minimum atomic E-state index is 0. The molecule has 1 aliphatic rings. The van der Waals surface area contributed by atoms with Gasteiger partial charge in [-0.2, -0.15) is 0 Å². The SMILES string of the molecule is C1=c2cnccc2=NCN1Cc1ccccc1.Cl.Cl. The number of aromatic nitrogens is 1. The lowest BCUT2D eigenvalue weighted by molar-refractivity contribution is 0.407. The van der Waals surface area contributed by atoms with Crippen molar-refractivity contribution in [2.45, 2.75) is 6.54 Å². The van der Waals surface area contributed by atoms with Crippen molar-refractivity contribution in [2.75, 3.05) is 6.67 Å². The van der Waals surface area contributed by atoms with E-state index < -0.39 is 0 Å². The van der Waals surface area contributed by atoms with Gasteiger partial charge in [-0.25, -0.2) is 0 Å². The van der Waals surface area contributed by atoms with E-state index in [0.29, 0.717) is 6.67 Å². The summed E-state index contributed by atoms with van der Waals surface area (Å²) < 4.78 is 0. The molecular weight excluding hydrogens is 281 g/mol. The first-order valence-corrected chi connectivity index (χ1v) is 5.66. The summed E-state index contributed by atoms with van der Waals surface area (Å²) >= 11 is 0. The second-order valence-corrected chi connectivity index (χ2v) is 4.10. The topological polar surface area (TPSA) is 28.5 Å². The maximum Gasteiger partial charge on any atom is 0.110 e. The van der Waals surface area contributed by atoms with Crippen LogP contribution in [0.3, 0.4) is 0 Å². The molecule has 0 fully saturated rings. The van der Waals surface area contributed by atoms with Crippen LogP contribution in [0.5, 0.6) is 0 Å². The Labute approximate surface area is 124 Å². The van der Waals surface area contributed by atoms with E-state index in [1.54, 1.807) is 6.20 Å². The standard InChI is InChI=1S/C14H13N3.2ClH/c1-2-4-12(5-3-1)9-17-10-13-8-15-7-6-14(13)16-11-17;;/h1-8,10H,9,11H2;2*1H. The van der Waals surface area contributed by atoms with Crippen molar-refractivity contribution < 1.29 is 0 Å². The molecule has 5 heteroatoms. The van der Waals surface area contributed by atoms with Gasteiger partial charge < -0.3 is 4.90 Å². The van der Waals surface area contributed by atoms with Crippen molar-refractivity contribution in [3.63, 3.8) is 0 Å². The second-order valence-electron chi connectivity index (χ2n) is 4.10. The quantitative estimate of drug-likeness (QED) is 0.845. The number of pyridine rings is 1. The van der Waals surface area contributed by atoms with Gasteiger partial charge >= 0.3 is 0 Å². The highest BCUT2D eigenvalue weighted by atomic mass is 35.5. The molecule has 0 aliphatic carbocycles. The lowest BCUT2D eigenvalue weighted by atomic mass is 10.2. The molecule has 0 radical (unpaired) electrons. The molecule has 2 aromatic rings. The van der Waals surface area contributed by atoms with Crippen LogP contribution in [0.25, 0.3) is 6.20 Å². The number of benzene rings is 1. The van der Waals surface area contributed by atoms with Crippen molar-refractivity contribution in [3.8, 4) is 0 Å². The van der Waals surface area contributed by atoms with Gasteiger partial charge in [0.05, 0.1) is 5.36 Å². The summed E-state index contributed by atoms with van der Waals surface area (Å²) in [6.45, 7) is 1.60. The highest BCUT2D eigenvalue weighted by molar-refractivity contribution is 5.85. The zero-order valence-electron chi connectivity index (χ0n) is 10.3. The Kier molecular flexibility index (Phi) is 5.80. The summed E-state index contributed by atoms with van der Waals surface area (Å²) in [7, 11) is 0. The molecule has 3 rings (SSSR count). The molecular formula is C14H15Cl2N3. The zero-order chi connectivity index (χ0) is 11.5. The highest BCUT2D eigenvalue weighted by Crippen LogP contribution is 2.05. The van der Waals surface area contributed by atoms with Gasteiger partial charge in [0.1, 0.15) is 6.67 Å². The van der Waals surface area contributed by atoms with Crippen LogP contribution in [0.4, 0.5) is 0 Å². The lowest BCUT2D eigenvalue weighted by Crippen LogP contribution is -2.35. The van der Waals surface area contributed by atoms with Gasteiger partial charge in [0.25, 0.3) is 0 Å². The first kappa shape index (κ1) is 15.5. The molecule has 1 aromatic heterocycles. The zero-order valence-corrected chi connectivity index (χ0v) is 11.9. The van der Waals surface area contributed by atoms with Crippen LogP contribution in [-0.4, -0.2) is 16.6 Å². The van der Waals surface area contributed by atoms with Gasteiger partial charge in [-0.3, -0.25) is 9.98 Å². The molecule has 0 N–H and O–H groups in total. The normalized spacial score (nSPS) is 12.1. The fourth-order valence-electron chi connectivity index (χ4n) is 1.96. The number of fused-ring (bicyclic) bond motifs is 1. The number of nitrogens with zero attached hydrogens (tertiary/aromatic N) is 3. The smallest absolute Gasteiger partial charge is 0.110 e. The van der Waals surface area contributed by atoms with Crippen LogP contribution < -0.4 is 10.6 Å². The number of rotatable bonds is 2. The van der Waals surface area contributed by atoms with Crippen LogP contribution in [0, 0.1) is 0 Å². The minimum Gasteiger partial charge on any atom is -0.353 e. The van der Waals surface area contributed by atoms with E-state index in [9.17, 15) is 0 Å². The molecule has 0 amide bonds. The van der Waals surface area contributed by atoms with Crippen molar-refractivity contribution in [1.82, 2.24) is 9.88 Å². The van der Waals surface area contributed by atoms with E-state index in [2.05, 4.69) is 45.3 Å². The Balaban J connectivity index is 0.000000902. The van der Waals surface area contributed by atoms with Gasteiger partial charge in [-0.1, -0.05) is 30.3 Å². The maximum absolute atomic E-state index is 4.53. The Morgan fingerprint density at radius 3 is 2.63 bits per heavy atom. The summed E-state index contributed by atoms with van der Waals surface area (Å²) in [5.74, 6) is 0. The predicted molar refractivity (Wildman–Crippen MR) is 80.8 cm³/mol. The molecule has 0 saturated heterocycles. The summed E-state index contributed by atoms with van der Waals surface area (Å²) in [4.78, 5) is 10.8. The molecule has 1 aromatic carbocycles. The fraction of sp³-hybridized carbons (Fsp3) is 0.143. The molecule has 0 saturated carbocycles. The van der Waals surface area contributed by atoms with E-state index in [4.69, 9.17) is 0 Å². The minimum absolute atomic E-state index is 0. The highest BCUT2D eigenvalue weighted by Gasteiger charge is 2.04. The molecule has 19 heavy (non-hydrogen) atoms. The van der Waals surface area contributed by atoms with Crippen LogP contribution in [0.2, 0.25) is 0 Å². The van der Waals surface area contributed by atoms with Crippen LogP contribution in [0.1, 0.15) is 5.56 Å². The van der Waals surface area contributed by atoms with E-state index in [1.807, 2.05) is 18.3 Å². The van der Waals surface area contributed by atoms with Crippen LogP contribution >= 0.6 is 24.8 Å². The summed E-state index contributed by atoms with van der Waals surface area (Å²) in [5.41, 5.74) is 1.30. The Bertz CT molecular complexity index is 629. The molecule has 3 nitrogen and oxygen atoms in total. The van der Waals surface area contributed by atoms with Gasteiger partial charge in [-0.05, 0) is 11.6 Å². The van der Waals surface area contributed by atoms with Gasteiger partial charge in [0.2, 0.25) is 0 Å².